The number of esters is 1. The van der Waals surface area contributed by atoms with E-state index in [9.17, 15) is 14.0 Å². The van der Waals surface area contributed by atoms with Crippen LogP contribution >= 0.6 is 23.1 Å². The first-order valence-electron chi connectivity index (χ1n) is 12.0. The molecule has 0 atom stereocenters. The van der Waals surface area contributed by atoms with Crippen LogP contribution in [0.15, 0.2) is 29.4 Å². The van der Waals surface area contributed by atoms with Crippen molar-refractivity contribution in [2.45, 2.75) is 63.8 Å². The Labute approximate surface area is 217 Å². The lowest BCUT2D eigenvalue weighted by molar-refractivity contribution is -0.113. The first-order chi connectivity index (χ1) is 17.5. The summed E-state index contributed by atoms with van der Waals surface area (Å²) in [5, 5.41) is 12.5. The maximum Gasteiger partial charge on any atom is 0.341 e. The van der Waals surface area contributed by atoms with E-state index in [1.807, 2.05) is 11.5 Å². The lowest BCUT2D eigenvalue weighted by Gasteiger charge is -2.11. The van der Waals surface area contributed by atoms with Crippen molar-refractivity contribution in [3.63, 3.8) is 0 Å². The van der Waals surface area contributed by atoms with Gasteiger partial charge in [-0.05, 0) is 62.4 Å². The van der Waals surface area contributed by atoms with Gasteiger partial charge in [0.25, 0.3) is 0 Å². The number of anilines is 1. The second-order valence-electron chi connectivity index (χ2n) is 8.34. The van der Waals surface area contributed by atoms with Crippen LogP contribution in [0, 0.1) is 5.82 Å². The van der Waals surface area contributed by atoms with Crippen LogP contribution in [-0.2, 0) is 35.5 Å². The number of methoxy groups -OCH3 is 1. The van der Waals surface area contributed by atoms with E-state index in [1.165, 1.54) is 48.8 Å². The molecule has 1 amide bonds. The van der Waals surface area contributed by atoms with Crippen molar-refractivity contribution < 1.29 is 23.5 Å². The van der Waals surface area contributed by atoms with Gasteiger partial charge in [0.1, 0.15) is 23.2 Å². The predicted octanol–water partition coefficient (Wildman–Crippen LogP) is 5.25. The van der Waals surface area contributed by atoms with Gasteiger partial charge < -0.3 is 19.4 Å². The summed E-state index contributed by atoms with van der Waals surface area (Å²) in [7, 11) is 1.37. The molecule has 0 unspecified atom stereocenters. The summed E-state index contributed by atoms with van der Waals surface area (Å²) in [6.07, 6.45) is 6.16. The summed E-state index contributed by atoms with van der Waals surface area (Å²) in [6, 6.07) is 5.77. The van der Waals surface area contributed by atoms with E-state index in [-0.39, 0.29) is 24.1 Å². The van der Waals surface area contributed by atoms with Gasteiger partial charge in [0, 0.05) is 11.4 Å². The normalized spacial score (nSPS) is 13.4. The predicted molar refractivity (Wildman–Crippen MR) is 137 cm³/mol. The van der Waals surface area contributed by atoms with E-state index in [2.05, 4.69) is 15.5 Å². The van der Waals surface area contributed by atoms with Crippen molar-refractivity contribution in [3.8, 4) is 5.75 Å². The minimum atomic E-state index is -0.410. The SMILES string of the molecule is CCn1c(COc2ccc(F)cc2)nnc1SCC(=O)Nc1sc2c(c1C(=O)OC)CCCCCC2. The Morgan fingerprint density at radius 1 is 1.14 bits per heavy atom. The molecule has 4 rings (SSSR count). The minimum absolute atomic E-state index is 0.111. The Bertz CT molecular complexity index is 1210. The number of hydrogen-bond acceptors (Lipinski definition) is 8. The van der Waals surface area contributed by atoms with Gasteiger partial charge in [-0.15, -0.1) is 21.5 Å². The van der Waals surface area contributed by atoms with Crippen molar-refractivity contribution >= 4 is 40.0 Å². The van der Waals surface area contributed by atoms with Crippen LogP contribution in [0.3, 0.4) is 0 Å². The molecule has 1 aliphatic rings. The Morgan fingerprint density at radius 2 is 1.89 bits per heavy atom. The number of ether oxygens (including phenoxy) is 2. The molecule has 1 N–H and O–H groups in total. The van der Waals surface area contributed by atoms with Crippen LogP contribution in [0.25, 0.3) is 0 Å². The molecule has 0 aliphatic heterocycles. The number of rotatable bonds is 9. The van der Waals surface area contributed by atoms with Crippen molar-refractivity contribution in [1.29, 1.82) is 0 Å². The summed E-state index contributed by atoms with van der Waals surface area (Å²) in [6.45, 7) is 2.73. The topological polar surface area (TPSA) is 95.3 Å². The Morgan fingerprint density at radius 3 is 2.61 bits per heavy atom. The number of thioether (sulfide) groups is 1. The van der Waals surface area contributed by atoms with Gasteiger partial charge in [0.15, 0.2) is 11.0 Å². The molecule has 0 radical (unpaired) electrons. The zero-order valence-electron chi connectivity index (χ0n) is 20.3. The molecule has 36 heavy (non-hydrogen) atoms. The highest BCUT2D eigenvalue weighted by molar-refractivity contribution is 7.99. The molecule has 192 valence electrons. The van der Waals surface area contributed by atoms with E-state index in [1.54, 1.807) is 12.1 Å². The number of hydrogen-bond donors (Lipinski definition) is 1. The molecule has 1 aliphatic carbocycles. The number of aromatic nitrogens is 3. The minimum Gasteiger partial charge on any atom is -0.486 e. The Balaban J connectivity index is 1.41. The lowest BCUT2D eigenvalue weighted by Crippen LogP contribution is -2.17. The van der Waals surface area contributed by atoms with E-state index >= 15 is 0 Å². The number of aryl methyl sites for hydroxylation is 1. The number of carbonyl (C=O) groups excluding carboxylic acids is 2. The van der Waals surface area contributed by atoms with Gasteiger partial charge >= 0.3 is 5.97 Å². The molecule has 11 heteroatoms. The van der Waals surface area contributed by atoms with Crippen molar-refractivity contribution in [3.05, 3.63) is 51.9 Å². The summed E-state index contributed by atoms with van der Waals surface area (Å²) < 4.78 is 25.7. The van der Waals surface area contributed by atoms with E-state index in [4.69, 9.17) is 9.47 Å². The van der Waals surface area contributed by atoms with Gasteiger partial charge in [-0.25, -0.2) is 9.18 Å². The molecule has 0 fully saturated rings. The van der Waals surface area contributed by atoms with Crippen LogP contribution in [0.5, 0.6) is 5.75 Å². The Kier molecular flexibility index (Phi) is 8.98. The molecule has 0 spiro atoms. The number of thiophene rings is 1. The molecular formula is C25H29FN4O4S2. The third-order valence-electron chi connectivity index (χ3n) is 5.94. The zero-order chi connectivity index (χ0) is 25.5. The fraction of sp³-hybridized carbons (Fsp3) is 0.440. The lowest BCUT2D eigenvalue weighted by atomic mass is 9.96. The Hall–Kier alpha value is -2.92. The smallest absolute Gasteiger partial charge is 0.341 e. The fourth-order valence-corrected chi connectivity index (χ4v) is 6.26. The van der Waals surface area contributed by atoms with E-state index in [0.717, 1.165) is 42.5 Å². The molecule has 0 saturated heterocycles. The van der Waals surface area contributed by atoms with Gasteiger partial charge in [-0.3, -0.25) is 4.79 Å². The van der Waals surface area contributed by atoms with Crippen molar-refractivity contribution in [2.24, 2.45) is 0 Å². The van der Waals surface area contributed by atoms with Crippen LogP contribution in [0.1, 0.15) is 59.2 Å². The highest BCUT2D eigenvalue weighted by atomic mass is 32.2. The largest absolute Gasteiger partial charge is 0.486 e. The first-order valence-corrected chi connectivity index (χ1v) is 13.8. The van der Waals surface area contributed by atoms with Crippen LogP contribution in [-0.4, -0.2) is 39.5 Å². The number of carbonyl (C=O) groups is 2. The molecule has 1 aromatic carbocycles. The molecule has 8 nitrogen and oxygen atoms in total. The first kappa shape index (κ1) is 26.2. The van der Waals surface area contributed by atoms with Gasteiger partial charge in [0.05, 0.1) is 18.4 Å². The van der Waals surface area contributed by atoms with Crippen molar-refractivity contribution in [2.75, 3.05) is 18.2 Å². The standard InChI is InChI=1S/C25H29FN4O4S2/c1-3-30-20(14-34-17-12-10-16(26)11-13-17)28-29-25(30)35-15-21(31)27-23-22(24(32)33-2)18-8-6-4-5-7-9-19(18)36-23/h10-13H,3-9,14-15H2,1-2H3,(H,27,31). The summed E-state index contributed by atoms with van der Waals surface area (Å²) in [5.41, 5.74) is 1.51. The summed E-state index contributed by atoms with van der Waals surface area (Å²) in [4.78, 5) is 26.6. The molecule has 3 aromatic rings. The second kappa shape index (κ2) is 12.4. The summed E-state index contributed by atoms with van der Waals surface area (Å²) >= 11 is 2.75. The van der Waals surface area contributed by atoms with Crippen molar-refractivity contribution in [1.82, 2.24) is 14.8 Å². The molecule has 2 heterocycles. The average molecular weight is 533 g/mol. The van der Waals surface area contributed by atoms with E-state index < -0.39 is 5.97 Å². The van der Waals surface area contributed by atoms with Crippen LogP contribution in [0.4, 0.5) is 9.39 Å². The average Bonchev–Trinajstić information content (AvgIpc) is 3.41. The number of nitrogens with one attached hydrogen (secondary N) is 1. The maximum atomic E-state index is 13.1. The number of halogens is 1. The van der Waals surface area contributed by atoms with Gasteiger partial charge in [-0.1, -0.05) is 24.6 Å². The number of amides is 1. The fourth-order valence-electron chi connectivity index (χ4n) is 4.15. The molecular weight excluding hydrogens is 503 g/mol. The van der Waals surface area contributed by atoms with Gasteiger partial charge in [-0.2, -0.15) is 0 Å². The van der Waals surface area contributed by atoms with Gasteiger partial charge in [0.2, 0.25) is 5.91 Å². The highest BCUT2D eigenvalue weighted by Gasteiger charge is 2.26. The second-order valence-corrected chi connectivity index (χ2v) is 10.4. The number of nitrogens with zero attached hydrogens (tertiary/aromatic N) is 3. The molecule has 2 aromatic heterocycles. The quantitative estimate of drug-likeness (QED) is 0.297. The zero-order valence-corrected chi connectivity index (χ0v) is 22.0. The maximum absolute atomic E-state index is 13.1. The third-order valence-corrected chi connectivity index (χ3v) is 8.11. The van der Waals surface area contributed by atoms with Crippen LogP contribution < -0.4 is 10.1 Å². The summed E-state index contributed by atoms with van der Waals surface area (Å²) in [5.74, 6) is 0.281. The number of fused-ring (bicyclic) bond motifs is 1. The van der Waals surface area contributed by atoms with E-state index in [0.29, 0.717) is 33.8 Å². The highest BCUT2D eigenvalue weighted by Crippen LogP contribution is 2.37. The third kappa shape index (κ3) is 6.25. The number of benzene rings is 1. The molecule has 0 saturated carbocycles. The van der Waals surface area contributed by atoms with Crippen LogP contribution in [0.2, 0.25) is 0 Å². The molecule has 0 bridgehead atoms. The monoisotopic (exact) mass is 532 g/mol.